The standard InChI is InChI=1S/C17H27N3O/c1-4-6-17(21)18-15-7-8-16(14(3)13-15)20-11-9-19(5-2)10-12-20/h7-8,13H,4-6,9-12H2,1-3H3,(H,18,21). The van der Waals surface area contributed by atoms with Crippen molar-refractivity contribution in [3.63, 3.8) is 0 Å². The Bertz CT molecular complexity index is 479. The van der Waals surface area contributed by atoms with Crippen LogP contribution in [0.1, 0.15) is 32.3 Å². The first kappa shape index (κ1) is 15.8. The van der Waals surface area contributed by atoms with E-state index < -0.39 is 0 Å². The summed E-state index contributed by atoms with van der Waals surface area (Å²) in [6.07, 6.45) is 1.46. The second-order valence-electron chi connectivity index (χ2n) is 5.72. The van der Waals surface area contributed by atoms with E-state index in [2.05, 4.69) is 41.1 Å². The van der Waals surface area contributed by atoms with Crippen molar-refractivity contribution in [3.8, 4) is 0 Å². The minimum atomic E-state index is 0.0983. The molecule has 0 bridgehead atoms. The van der Waals surface area contributed by atoms with Crippen molar-refractivity contribution in [2.45, 2.75) is 33.6 Å². The third-order valence-electron chi connectivity index (χ3n) is 4.12. The van der Waals surface area contributed by atoms with Crippen LogP contribution in [0.5, 0.6) is 0 Å². The van der Waals surface area contributed by atoms with Crippen LogP contribution in [-0.4, -0.2) is 43.5 Å². The van der Waals surface area contributed by atoms with E-state index in [0.29, 0.717) is 6.42 Å². The van der Waals surface area contributed by atoms with Crippen molar-refractivity contribution in [1.29, 1.82) is 0 Å². The van der Waals surface area contributed by atoms with E-state index in [4.69, 9.17) is 0 Å². The summed E-state index contributed by atoms with van der Waals surface area (Å²) in [5.74, 6) is 0.0983. The van der Waals surface area contributed by atoms with Gasteiger partial charge in [-0.2, -0.15) is 0 Å². The average Bonchev–Trinajstić information content (AvgIpc) is 2.48. The van der Waals surface area contributed by atoms with Crippen molar-refractivity contribution in [1.82, 2.24) is 4.90 Å². The predicted molar refractivity (Wildman–Crippen MR) is 89.0 cm³/mol. The van der Waals surface area contributed by atoms with Gasteiger partial charge in [-0.3, -0.25) is 4.79 Å². The lowest BCUT2D eigenvalue weighted by Gasteiger charge is -2.36. The van der Waals surface area contributed by atoms with Crippen LogP contribution in [0, 0.1) is 6.92 Å². The number of carbonyl (C=O) groups is 1. The average molecular weight is 289 g/mol. The number of benzene rings is 1. The first-order valence-corrected chi connectivity index (χ1v) is 8.01. The zero-order valence-electron chi connectivity index (χ0n) is 13.5. The van der Waals surface area contributed by atoms with E-state index in [1.54, 1.807) is 0 Å². The van der Waals surface area contributed by atoms with Gasteiger partial charge in [0.1, 0.15) is 0 Å². The molecular formula is C17H27N3O. The second kappa shape index (κ2) is 7.46. The molecule has 1 amide bonds. The fraction of sp³-hybridized carbons (Fsp3) is 0.588. The first-order valence-electron chi connectivity index (χ1n) is 8.01. The molecule has 21 heavy (non-hydrogen) atoms. The summed E-state index contributed by atoms with van der Waals surface area (Å²) < 4.78 is 0. The molecule has 1 aromatic carbocycles. The minimum absolute atomic E-state index is 0.0983. The van der Waals surface area contributed by atoms with Gasteiger partial charge < -0.3 is 15.1 Å². The zero-order valence-corrected chi connectivity index (χ0v) is 13.5. The number of hydrogen-bond donors (Lipinski definition) is 1. The lowest BCUT2D eigenvalue weighted by molar-refractivity contribution is -0.116. The molecular weight excluding hydrogens is 262 g/mol. The number of nitrogens with zero attached hydrogens (tertiary/aromatic N) is 2. The smallest absolute Gasteiger partial charge is 0.224 e. The van der Waals surface area contributed by atoms with Crippen LogP contribution in [0.4, 0.5) is 11.4 Å². The topological polar surface area (TPSA) is 35.6 Å². The van der Waals surface area contributed by atoms with Crippen LogP contribution in [-0.2, 0) is 4.79 Å². The first-order chi connectivity index (χ1) is 10.1. The number of likely N-dealkylation sites (N-methyl/N-ethyl adjacent to an activating group) is 1. The molecule has 0 radical (unpaired) electrons. The monoisotopic (exact) mass is 289 g/mol. The molecule has 1 aromatic rings. The molecule has 0 spiro atoms. The molecule has 4 nitrogen and oxygen atoms in total. The highest BCUT2D eigenvalue weighted by Gasteiger charge is 2.17. The maximum atomic E-state index is 11.7. The molecule has 1 heterocycles. The van der Waals surface area contributed by atoms with Crippen LogP contribution in [0.15, 0.2) is 18.2 Å². The SMILES string of the molecule is CCCC(=O)Nc1ccc(N2CCN(CC)CC2)c(C)c1. The Hall–Kier alpha value is -1.55. The summed E-state index contributed by atoms with van der Waals surface area (Å²) in [4.78, 5) is 16.6. The molecule has 116 valence electrons. The van der Waals surface area contributed by atoms with Crippen LogP contribution in [0.3, 0.4) is 0 Å². The molecule has 1 N–H and O–H groups in total. The molecule has 0 aromatic heterocycles. The van der Waals surface area contributed by atoms with Gasteiger partial charge in [0.05, 0.1) is 0 Å². The quantitative estimate of drug-likeness (QED) is 0.905. The second-order valence-corrected chi connectivity index (χ2v) is 5.72. The highest BCUT2D eigenvalue weighted by Crippen LogP contribution is 2.24. The van der Waals surface area contributed by atoms with Gasteiger partial charge in [-0.25, -0.2) is 0 Å². The van der Waals surface area contributed by atoms with E-state index in [1.807, 2.05) is 13.0 Å². The fourth-order valence-corrected chi connectivity index (χ4v) is 2.84. The third-order valence-corrected chi connectivity index (χ3v) is 4.12. The van der Waals surface area contributed by atoms with Crippen LogP contribution in [0.25, 0.3) is 0 Å². The maximum Gasteiger partial charge on any atom is 0.224 e. The number of amides is 1. The zero-order chi connectivity index (χ0) is 15.2. The number of rotatable bonds is 5. The van der Waals surface area contributed by atoms with Crippen molar-refractivity contribution in [2.24, 2.45) is 0 Å². The van der Waals surface area contributed by atoms with Crippen molar-refractivity contribution in [3.05, 3.63) is 23.8 Å². The molecule has 0 aliphatic carbocycles. The fourth-order valence-electron chi connectivity index (χ4n) is 2.84. The van der Waals surface area contributed by atoms with Gasteiger partial charge in [0.25, 0.3) is 0 Å². The van der Waals surface area contributed by atoms with Crippen LogP contribution >= 0.6 is 0 Å². The van der Waals surface area contributed by atoms with Gasteiger partial charge in [-0.05, 0) is 43.7 Å². The number of carbonyl (C=O) groups excluding carboxylic acids is 1. The molecule has 1 aliphatic rings. The molecule has 0 atom stereocenters. The van der Waals surface area contributed by atoms with Crippen LogP contribution < -0.4 is 10.2 Å². The van der Waals surface area contributed by atoms with Gasteiger partial charge in [-0.1, -0.05) is 13.8 Å². The Balaban J connectivity index is 2.01. The normalized spacial score (nSPS) is 16.0. The molecule has 1 saturated heterocycles. The van der Waals surface area contributed by atoms with Crippen LogP contribution in [0.2, 0.25) is 0 Å². The molecule has 4 heteroatoms. The molecule has 1 aliphatic heterocycles. The summed E-state index contributed by atoms with van der Waals surface area (Å²) >= 11 is 0. The Morgan fingerprint density at radius 2 is 1.90 bits per heavy atom. The molecule has 0 saturated carbocycles. The third kappa shape index (κ3) is 4.21. The lowest BCUT2D eigenvalue weighted by atomic mass is 10.1. The lowest BCUT2D eigenvalue weighted by Crippen LogP contribution is -2.46. The summed E-state index contributed by atoms with van der Waals surface area (Å²) in [5, 5.41) is 2.96. The summed E-state index contributed by atoms with van der Waals surface area (Å²) in [6, 6.07) is 6.23. The minimum Gasteiger partial charge on any atom is -0.369 e. The highest BCUT2D eigenvalue weighted by molar-refractivity contribution is 5.91. The summed E-state index contributed by atoms with van der Waals surface area (Å²) in [6.45, 7) is 11.9. The maximum absolute atomic E-state index is 11.7. The van der Waals surface area contributed by atoms with Crippen molar-refractivity contribution in [2.75, 3.05) is 42.9 Å². The molecule has 2 rings (SSSR count). The molecule has 1 fully saturated rings. The van der Waals surface area contributed by atoms with Crippen molar-refractivity contribution >= 4 is 17.3 Å². The van der Waals surface area contributed by atoms with E-state index in [-0.39, 0.29) is 5.91 Å². The number of hydrogen-bond acceptors (Lipinski definition) is 3. The summed E-state index contributed by atoms with van der Waals surface area (Å²) in [5.41, 5.74) is 3.43. The number of piperazine rings is 1. The highest BCUT2D eigenvalue weighted by atomic mass is 16.1. The Kier molecular flexibility index (Phi) is 5.62. The number of anilines is 2. The van der Waals surface area contributed by atoms with E-state index in [1.165, 1.54) is 11.3 Å². The van der Waals surface area contributed by atoms with Gasteiger partial charge in [0.2, 0.25) is 5.91 Å². The summed E-state index contributed by atoms with van der Waals surface area (Å²) in [7, 11) is 0. The predicted octanol–water partition coefficient (Wildman–Crippen LogP) is 2.88. The van der Waals surface area contributed by atoms with E-state index in [0.717, 1.165) is 44.8 Å². The van der Waals surface area contributed by atoms with E-state index in [9.17, 15) is 4.79 Å². The number of aryl methyl sites for hydroxylation is 1. The Morgan fingerprint density at radius 3 is 2.48 bits per heavy atom. The van der Waals surface area contributed by atoms with Crippen molar-refractivity contribution < 1.29 is 4.79 Å². The number of nitrogens with one attached hydrogen (secondary N) is 1. The van der Waals surface area contributed by atoms with Gasteiger partial charge in [-0.15, -0.1) is 0 Å². The van der Waals surface area contributed by atoms with Gasteiger partial charge in [0, 0.05) is 44.0 Å². The Labute approximate surface area is 128 Å². The largest absolute Gasteiger partial charge is 0.369 e. The van der Waals surface area contributed by atoms with E-state index >= 15 is 0 Å². The van der Waals surface area contributed by atoms with Gasteiger partial charge >= 0.3 is 0 Å². The Morgan fingerprint density at radius 1 is 1.19 bits per heavy atom. The van der Waals surface area contributed by atoms with Gasteiger partial charge in [0.15, 0.2) is 0 Å². The molecule has 0 unspecified atom stereocenters.